The Morgan fingerprint density at radius 3 is 2.87 bits per heavy atom. The normalized spacial score (nSPS) is 15.4. The monoisotopic (exact) mass is 445 g/mol. The smallest absolute Gasteiger partial charge is 0.315 e. The Morgan fingerprint density at radius 1 is 1.29 bits per heavy atom. The van der Waals surface area contributed by atoms with Gasteiger partial charge >= 0.3 is 6.03 Å². The fraction of sp³-hybridized carbons (Fsp3) is 0.381. The van der Waals surface area contributed by atoms with E-state index in [4.69, 9.17) is 25.5 Å². The first-order valence-corrected chi connectivity index (χ1v) is 10.4. The van der Waals surface area contributed by atoms with Crippen LogP contribution in [0, 0.1) is 0 Å². The van der Waals surface area contributed by atoms with Gasteiger partial charge in [-0.3, -0.25) is 5.10 Å². The summed E-state index contributed by atoms with van der Waals surface area (Å²) in [7, 11) is 1.63. The van der Waals surface area contributed by atoms with Gasteiger partial charge in [-0.1, -0.05) is 11.6 Å². The molecular weight excluding hydrogens is 422 g/mol. The van der Waals surface area contributed by atoms with Crippen LogP contribution in [0.15, 0.2) is 41.0 Å². The number of aromatic amines is 1. The van der Waals surface area contributed by atoms with Crippen molar-refractivity contribution < 1.29 is 18.7 Å². The molecule has 9 nitrogen and oxygen atoms in total. The van der Waals surface area contributed by atoms with Crippen LogP contribution in [0.3, 0.4) is 0 Å². The largest absolute Gasteiger partial charge is 0.496 e. The van der Waals surface area contributed by atoms with E-state index in [-0.39, 0.29) is 18.0 Å². The molecule has 2 aromatic heterocycles. The third-order valence-electron chi connectivity index (χ3n) is 5.46. The minimum absolute atomic E-state index is 0.205. The number of hydrogen-bond acceptors (Lipinski definition) is 6. The SMILES string of the molecule is COc1ccc(Cl)cc1C1(CNC(=O)NCc2nc(-c3ccco3)n[nH]2)CCOCC1. The lowest BCUT2D eigenvalue weighted by molar-refractivity contribution is 0.0498. The summed E-state index contributed by atoms with van der Waals surface area (Å²) in [5.41, 5.74) is 0.647. The van der Waals surface area contributed by atoms with E-state index in [1.807, 2.05) is 12.1 Å². The highest BCUT2D eigenvalue weighted by atomic mass is 35.5. The maximum absolute atomic E-state index is 12.5. The number of carbonyl (C=O) groups is 1. The van der Waals surface area contributed by atoms with E-state index in [1.165, 1.54) is 0 Å². The molecule has 3 aromatic rings. The molecule has 2 amide bonds. The first-order chi connectivity index (χ1) is 15.1. The van der Waals surface area contributed by atoms with Gasteiger partial charge in [0.25, 0.3) is 0 Å². The third kappa shape index (κ3) is 4.83. The number of H-pyrrole nitrogens is 1. The van der Waals surface area contributed by atoms with Gasteiger partial charge in [-0.15, -0.1) is 5.10 Å². The molecule has 0 atom stereocenters. The van der Waals surface area contributed by atoms with E-state index in [9.17, 15) is 4.79 Å². The van der Waals surface area contributed by atoms with Crippen LogP contribution < -0.4 is 15.4 Å². The van der Waals surface area contributed by atoms with Crippen molar-refractivity contribution in [3.05, 3.63) is 53.0 Å². The predicted octanol–water partition coefficient (Wildman–Crippen LogP) is 3.27. The Hall–Kier alpha value is -3.04. The van der Waals surface area contributed by atoms with Crippen molar-refractivity contribution >= 4 is 17.6 Å². The molecule has 1 aliphatic heterocycles. The van der Waals surface area contributed by atoms with E-state index in [1.54, 1.807) is 31.6 Å². The van der Waals surface area contributed by atoms with Crippen molar-refractivity contribution in [3.8, 4) is 17.3 Å². The van der Waals surface area contributed by atoms with Gasteiger partial charge in [0.05, 0.1) is 19.9 Å². The summed E-state index contributed by atoms with van der Waals surface area (Å²) in [4.78, 5) is 16.8. The van der Waals surface area contributed by atoms with Crippen LogP contribution in [0.1, 0.15) is 24.2 Å². The van der Waals surface area contributed by atoms with Crippen molar-refractivity contribution in [1.82, 2.24) is 25.8 Å². The number of carbonyl (C=O) groups excluding carboxylic acids is 1. The number of aromatic nitrogens is 3. The van der Waals surface area contributed by atoms with Crippen molar-refractivity contribution in [2.45, 2.75) is 24.8 Å². The van der Waals surface area contributed by atoms with Gasteiger partial charge in [-0.25, -0.2) is 9.78 Å². The average Bonchev–Trinajstić information content (AvgIpc) is 3.49. The van der Waals surface area contributed by atoms with Crippen molar-refractivity contribution in [2.75, 3.05) is 26.9 Å². The highest BCUT2D eigenvalue weighted by Crippen LogP contribution is 2.40. The van der Waals surface area contributed by atoms with Gasteiger partial charge in [0.15, 0.2) is 5.76 Å². The molecule has 0 aliphatic carbocycles. The molecule has 4 rings (SSSR count). The Labute approximate surface area is 184 Å². The minimum Gasteiger partial charge on any atom is -0.496 e. The number of benzene rings is 1. The summed E-state index contributed by atoms with van der Waals surface area (Å²) >= 11 is 6.26. The first-order valence-electron chi connectivity index (χ1n) is 9.98. The van der Waals surface area contributed by atoms with Crippen molar-refractivity contribution in [2.24, 2.45) is 0 Å². The number of halogens is 1. The van der Waals surface area contributed by atoms with Crippen LogP contribution in [-0.4, -0.2) is 48.1 Å². The molecule has 31 heavy (non-hydrogen) atoms. The lowest BCUT2D eigenvalue weighted by Crippen LogP contribution is -2.47. The summed E-state index contributed by atoms with van der Waals surface area (Å²) in [6.07, 6.45) is 3.05. The summed E-state index contributed by atoms with van der Waals surface area (Å²) in [5, 5.41) is 13.3. The highest BCUT2D eigenvalue weighted by Gasteiger charge is 2.37. The van der Waals surface area contributed by atoms with E-state index < -0.39 is 0 Å². The molecule has 3 heterocycles. The molecule has 0 spiro atoms. The average molecular weight is 446 g/mol. The van der Waals surface area contributed by atoms with Gasteiger partial charge in [0.2, 0.25) is 5.82 Å². The quantitative estimate of drug-likeness (QED) is 0.514. The molecule has 1 fully saturated rings. The molecule has 0 radical (unpaired) electrons. The maximum atomic E-state index is 12.5. The zero-order valence-corrected chi connectivity index (χ0v) is 17.9. The van der Waals surface area contributed by atoms with Gasteiger partial charge in [0, 0.05) is 35.8 Å². The van der Waals surface area contributed by atoms with Gasteiger partial charge in [-0.2, -0.15) is 0 Å². The van der Waals surface area contributed by atoms with Crippen LogP contribution in [-0.2, 0) is 16.7 Å². The molecule has 164 valence electrons. The maximum Gasteiger partial charge on any atom is 0.315 e. The highest BCUT2D eigenvalue weighted by molar-refractivity contribution is 6.30. The van der Waals surface area contributed by atoms with Crippen LogP contribution in [0.5, 0.6) is 5.75 Å². The Kier molecular flexibility index (Phi) is 6.43. The second-order valence-corrected chi connectivity index (χ2v) is 7.79. The second-order valence-electron chi connectivity index (χ2n) is 7.36. The number of urea groups is 1. The molecular formula is C21H24ClN5O4. The fourth-order valence-electron chi connectivity index (χ4n) is 3.76. The molecule has 0 saturated carbocycles. The Bertz CT molecular complexity index is 1010. The molecule has 1 aliphatic rings. The van der Waals surface area contributed by atoms with Crippen LogP contribution in [0.2, 0.25) is 5.02 Å². The van der Waals surface area contributed by atoms with Crippen molar-refractivity contribution in [3.63, 3.8) is 0 Å². The number of nitrogens with zero attached hydrogens (tertiary/aromatic N) is 2. The first kappa shape index (κ1) is 21.2. The Balaban J connectivity index is 1.40. The summed E-state index contributed by atoms with van der Waals surface area (Å²) in [6.45, 7) is 1.84. The molecule has 1 aromatic carbocycles. The number of furan rings is 1. The minimum atomic E-state index is -0.329. The fourth-order valence-corrected chi connectivity index (χ4v) is 3.94. The number of nitrogens with one attached hydrogen (secondary N) is 3. The van der Waals surface area contributed by atoms with Gasteiger partial charge in [-0.05, 0) is 43.2 Å². The summed E-state index contributed by atoms with van der Waals surface area (Å²) in [5.74, 6) is 2.28. The summed E-state index contributed by atoms with van der Waals surface area (Å²) < 4.78 is 16.4. The number of rotatable bonds is 7. The Morgan fingerprint density at radius 2 is 2.13 bits per heavy atom. The van der Waals surface area contributed by atoms with Crippen LogP contribution in [0.4, 0.5) is 4.79 Å². The molecule has 0 bridgehead atoms. The van der Waals surface area contributed by atoms with Gasteiger partial charge in [0.1, 0.15) is 11.6 Å². The topological polar surface area (TPSA) is 114 Å². The number of hydrogen-bond donors (Lipinski definition) is 3. The molecule has 0 unspecified atom stereocenters. The summed E-state index contributed by atoms with van der Waals surface area (Å²) in [6, 6.07) is 8.79. The van der Waals surface area contributed by atoms with E-state index >= 15 is 0 Å². The standard InChI is InChI=1S/C21H24ClN5O4/c1-29-16-5-4-14(22)11-15(16)21(6-9-30-10-7-21)13-24-20(28)23-12-18-25-19(27-26-18)17-3-2-8-31-17/h2-5,8,11H,6-7,9-10,12-13H2,1H3,(H2,23,24,28)(H,25,26,27). The lowest BCUT2D eigenvalue weighted by Gasteiger charge is -2.38. The van der Waals surface area contributed by atoms with Crippen LogP contribution >= 0.6 is 11.6 Å². The number of amides is 2. The van der Waals surface area contributed by atoms with Crippen LogP contribution in [0.25, 0.3) is 11.6 Å². The molecule has 10 heteroatoms. The predicted molar refractivity (Wildman–Crippen MR) is 114 cm³/mol. The van der Waals surface area contributed by atoms with E-state index in [0.29, 0.717) is 42.2 Å². The number of ether oxygens (including phenoxy) is 2. The zero-order valence-electron chi connectivity index (χ0n) is 17.1. The third-order valence-corrected chi connectivity index (χ3v) is 5.69. The van der Waals surface area contributed by atoms with Gasteiger partial charge < -0.3 is 24.5 Å². The second kappa shape index (κ2) is 9.40. The molecule has 1 saturated heterocycles. The number of methoxy groups -OCH3 is 1. The lowest BCUT2D eigenvalue weighted by atomic mass is 9.73. The van der Waals surface area contributed by atoms with Crippen molar-refractivity contribution in [1.29, 1.82) is 0 Å². The van der Waals surface area contributed by atoms with E-state index in [2.05, 4.69) is 25.8 Å². The zero-order chi connectivity index (χ0) is 21.7. The molecule has 3 N–H and O–H groups in total. The van der Waals surface area contributed by atoms with E-state index in [0.717, 1.165) is 24.2 Å².